The minimum absolute atomic E-state index is 0.407. The van der Waals surface area contributed by atoms with Gasteiger partial charge in [-0.3, -0.25) is 0 Å². The number of hydrogen-bond acceptors (Lipinski definition) is 6. The second kappa shape index (κ2) is 11.9. The van der Waals surface area contributed by atoms with Crippen LogP contribution in [0.1, 0.15) is 17.5 Å². The molecule has 0 aromatic heterocycles. The molecule has 8 nitrogen and oxygen atoms in total. The van der Waals surface area contributed by atoms with Crippen molar-refractivity contribution in [3.63, 3.8) is 0 Å². The van der Waals surface area contributed by atoms with Gasteiger partial charge in [-0.25, -0.2) is 9.59 Å². The number of carboxylic acids is 2. The Hall–Kier alpha value is -3.94. The van der Waals surface area contributed by atoms with Crippen molar-refractivity contribution in [1.29, 1.82) is 0 Å². The maximum absolute atomic E-state index is 10.7. The molecule has 31 heavy (non-hydrogen) atoms. The summed E-state index contributed by atoms with van der Waals surface area (Å²) in [7, 11) is 3.00. The zero-order valence-electron chi connectivity index (χ0n) is 17.2. The zero-order valence-corrected chi connectivity index (χ0v) is 17.2. The van der Waals surface area contributed by atoms with Gasteiger partial charge in [0.1, 0.15) is 23.0 Å². The molecular weight excluding hydrogens is 404 g/mol. The quantitative estimate of drug-likeness (QED) is 0.388. The van der Waals surface area contributed by atoms with E-state index in [9.17, 15) is 9.59 Å². The summed E-state index contributed by atoms with van der Waals surface area (Å²) in [5, 5.41) is 17.5. The highest BCUT2D eigenvalue weighted by atomic mass is 16.5. The molecule has 0 fully saturated rings. The summed E-state index contributed by atoms with van der Waals surface area (Å²) in [6.45, 7) is 0.814. The predicted molar refractivity (Wildman–Crippen MR) is 115 cm³/mol. The Kier molecular flexibility index (Phi) is 8.97. The maximum Gasteiger partial charge on any atom is 0.328 e. The second-order valence-corrected chi connectivity index (χ2v) is 6.20. The zero-order chi connectivity index (χ0) is 22.6. The van der Waals surface area contributed by atoms with Crippen LogP contribution in [0.4, 0.5) is 0 Å². The molecule has 0 radical (unpaired) electrons. The van der Waals surface area contributed by atoms with E-state index >= 15 is 0 Å². The molecule has 0 aliphatic heterocycles. The van der Waals surface area contributed by atoms with Gasteiger partial charge in [0.15, 0.2) is 0 Å². The minimum Gasteiger partial charge on any atom is -0.496 e. The smallest absolute Gasteiger partial charge is 0.328 e. The number of carbonyl (C=O) groups is 2. The van der Waals surface area contributed by atoms with Crippen LogP contribution in [0, 0.1) is 0 Å². The highest BCUT2D eigenvalue weighted by molar-refractivity contribution is 5.86. The van der Waals surface area contributed by atoms with Crippen molar-refractivity contribution in [3.8, 4) is 23.0 Å². The van der Waals surface area contributed by atoms with E-state index in [-0.39, 0.29) is 0 Å². The van der Waals surface area contributed by atoms with Crippen molar-refractivity contribution < 1.29 is 38.7 Å². The third kappa shape index (κ3) is 7.77. The van der Waals surface area contributed by atoms with Gasteiger partial charge in [0.25, 0.3) is 0 Å². The number of hydrogen-bond donors (Lipinski definition) is 2. The Labute approximate surface area is 179 Å². The molecule has 2 aromatic rings. The first-order valence-electron chi connectivity index (χ1n) is 9.36. The summed E-state index contributed by atoms with van der Waals surface area (Å²) in [6.07, 6.45) is 5.61. The van der Waals surface area contributed by atoms with Crippen molar-refractivity contribution >= 4 is 24.1 Å². The summed E-state index contributed by atoms with van der Waals surface area (Å²) >= 11 is 0. The first kappa shape index (κ1) is 23.3. The second-order valence-electron chi connectivity index (χ2n) is 6.20. The van der Waals surface area contributed by atoms with E-state index in [0.717, 1.165) is 12.2 Å². The van der Waals surface area contributed by atoms with Gasteiger partial charge in [-0.05, 0) is 36.4 Å². The molecule has 0 aliphatic rings. The molecule has 0 amide bonds. The van der Waals surface area contributed by atoms with E-state index in [1.54, 1.807) is 36.4 Å². The van der Waals surface area contributed by atoms with Gasteiger partial charge in [-0.2, -0.15) is 0 Å². The van der Waals surface area contributed by atoms with Gasteiger partial charge in [0.05, 0.1) is 27.4 Å². The first-order valence-corrected chi connectivity index (χ1v) is 9.36. The van der Waals surface area contributed by atoms with Crippen molar-refractivity contribution in [2.24, 2.45) is 0 Å². The number of benzene rings is 2. The molecule has 0 atom stereocenters. The molecule has 0 spiro atoms. The molecule has 2 rings (SSSR count). The SMILES string of the molecule is COc1cc(OCCCOc2ccc(/C=C/C(=O)O)c(OC)c2)ccc1/C=C/C(=O)O. The highest BCUT2D eigenvalue weighted by Gasteiger charge is 2.05. The summed E-state index contributed by atoms with van der Waals surface area (Å²) < 4.78 is 21.9. The predicted octanol–water partition coefficient (Wildman–Crippen LogP) is 3.75. The largest absolute Gasteiger partial charge is 0.496 e. The van der Waals surface area contributed by atoms with Crippen LogP contribution in [0.5, 0.6) is 23.0 Å². The fraction of sp³-hybridized carbons (Fsp3) is 0.217. The maximum atomic E-state index is 10.7. The molecule has 0 unspecified atom stereocenters. The van der Waals surface area contributed by atoms with Crippen LogP contribution in [0.2, 0.25) is 0 Å². The number of methoxy groups -OCH3 is 2. The summed E-state index contributed by atoms with van der Waals surface area (Å²) in [4.78, 5) is 21.3. The molecule has 0 aliphatic carbocycles. The van der Waals surface area contributed by atoms with Crippen molar-refractivity contribution in [2.75, 3.05) is 27.4 Å². The molecule has 2 aromatic carbocycles. The monoisotopic (exact) mass is 428 g/mol. The van der Waals surface area contributed by atoms with E-state index in [2.05, 4.69) is 0 Å². The van der Waals surface area contributed by atoms with Gasteiger partial charge < -0.3 is 29.2 Å². The van der Waals surface area contributed by atoms with Gasteiger partial charge in [-0.1, -0.05) is 0 Å². The van der Waals surface area contributed by atoms with Crippen LogP contribution >= 0.6 is 0 Å². The van der Waals surface area contributed by atoms with E-state index in [0.29, 0.717) is 53.8 Å². The molecule has 0 heterocycles. The third-order valence-electron chi connectivity index (χ3n) is 4.05. The lowest BCUT2D eigenvalue weighted by Gasteiger charge is -2.12. The highest BCUT2D eigenvalue weighted by Crippen LogP contribution is 2.27. The molecule has 0 saturated carbocycles. The number of rotatable bonds is 12. The van der Waals surface area contributed by atoms with Crippen LogP contribution in [-0.2, 0) is 9.59 Å². The van der Waals surface area contributed by atoms with Crippen molar-refractivity contribution in [1.82, 2.24) is 0 Å². The van der Waals surface area contributed by atoms with E-state index in [1.165, 1.54) is 26.4 Å². The normalized spacial score (nSPS) is 10.9. The third-order valence-corrected chi connectivity index (χ3v) is 4.05. The van der Waals surface area contributed by atoms with Gasteiger partial charge in [0, 0.05) is 41.8 Å². The lowest BCUT2D eigenvalue weighted by Crippen LogP contribution is -2.05. The summed E-state index contributed by atoms with van der Waals surface area (Å²) in [5.74, 6) is 0.143. The van der Waals surface area contributed by atoms with Crippen molar-refractivity contribution in [3.05, 3.63) is 59.7 Å². The number of aliphatic carboxylic acids is 2. The summed E-state index contributed by atoms with van der Waals surface area (Å²) in [6, 6.07) is 10.3. The summed E-state index contributed by atoms with van der Waals surface area (Å²) in [5.41, 5.74) is 1.27. The average Bonchev–Trinajstić information content (AvgIpc) is 2.76. The Morgan fingerprint density at radius 2 is 1.19 bits per heavy atom. The fourth-order valence-electron chi connectivity index (χ4n) is 2.60. The Balaban J connectivity index is 1.85. The minimum atomic E-state index is -1.04. The topological polar surface area (TPSA) is 112 Å². The van der Waals surface area contributed by atoms with Crippen LogP contribution in [0.15, 0.2) is 48.6 Å². The van der Waals surface area contributed by atoms with Gasteiger partial charge >= 0.3 is 11.9 Å². The van der Waals surface area contributed by atoms with Crippen LogP contribution in [-0.4, -0.2) is 49.6 Å². The van der Waals surface area contributed by atoms with Gasteiger partial charge in [0.2, 0.25) is 0 Å². The molecule has 0 bridgehead atoms. The average molecular weight is 428 g/mol. The fourth-order valence-corrected chi connectivity index (χ4v) is 2.60. The van der Waals surface area contributed by atoms with E-state index in [4.69, 9.17) is 29.2 Å². The molecule has 0 saturated heterocycles. The van der Waals surface area contributed by atoms with Crippen LogP contribution in [0.3, 0.4) is 0 Å². The number of carboxylic acid groups (broad SMARTS) is 2. The standard InChI is InChI=1S/C23H24O8/c1-28-20-14-18(8-4-16(20)6-10-22(24)25)30-12-3-13-31-19-9-5-17(7-11-23(26)27)21(15-19)29-2/h4-11,14-15H,3,12-13H2,1-2H3,(H,24,25)(H,26,27)/b10-6+,11-7+. The molecular formula is C23H24O8. The molecule has 8 heteroatoms. The first-order chi connectivity index (χ1) is 14.9. The van der Waals surface area contributed by atoms with Gasteiger partial charge in [-0.15, -0.1) is 0 Å². The lowest BCUT2D eigenvalue weighted by atomic mass is 10.1. The Morgan fingerprint density at radius 1 is 0.774 bits per heavy atom. The Bertz CT molecular complexity index is 885. The van der Waals surface area contributed by atoms with Crippen LogP contribution in [0.25, 0.3) is 12.2 Å². The van der Waals surface area contributed by atoms with Crippen LogP contribution < -0.4 is 18.9 Å². The van der Waals surface area contributed by atoms with Crippen molar-refractivity contribution in [2.45, 2.75) is 6.42 Å². The number of ether oxygens (including phenoxy) is 4. The Morgan fingerprint density at radius 3 is 1.55 bits per heavy atom. The van der Waals surface area contributed by atoms with E-state index in [1.807, 2.05) is 0 Å². The lowest BCUT2D eigenvalue weighted by molar-refractivity contribution is -0.132. The molecule has 164 valence electrons. The van der Waals surface area contributed by atoms with E-state index < -0.39 is 11.9 Å². The molecule has 2 N–H and O–H groups in total.